The van der Waals surface area contributed by atoms with Gasteiger partial charge in [0.2, 0.25) is 0 Å². The van der Waals surface area contributed by atoms with Crippen molar-refractivity contribution in [2.45, 2.75) is 56.5 Å². The Balaban J connectivity index is 1.62. The van der Waals surface area contributed by atoms with Crippen LogP contribution in [0.1, 0.15) is 50.0 Å². The second-order valence-corrected chi connectivity index (χ2v) is 6.44. The van der Waals surface area contributed by atoms with E-state index in [1.165, 1.54) is 5.56 Å². The molecule has 1 aliphatic heterocycles. The van der Waals surface area contributed by atoms with E-state index < -0.39 is 5.92 Å². The largest absolute Gasteiger partial charge is 0.393 e. The highest BCUT2D eigenvalue weighted by Crippen LogP contribution is 2.35. The minimum absolute atomic E-state index is 0.0464. The minimum Gasteiger partial charge on any atom is -0.393 e. The lowest BCUT2D eigenvalue weighted by molar-refractivity contribution is -0.0220. The molecular formula is C17H23F2NO. The molecule has 116 valence electrons. The fourth-order valence-corrected chi connectivity index (χ4v) is 3.46. The minimum atomic E-state index is -2.49. The first-order chi connectivity index (χ1) is 10.0. The Labute approximate surface area is 124 Å². The Hall–Kier alpha value is -1.16. The molecule has 3 rings (SSSR count). The standard InChI is InChI=1S/C17H23F2NO/c18-17(19)9-11-20(12-10-17)15-5-1-13(2-6-15)14-3-7-16(21)8-4-14/h1-2,5-6,14,16,21H,3-4,7-12H2/t14-,16+. The lowest BCUT2D eigenvalue weighted by Crippen LogP contribution is -2.39. The van der Waals surface area contributed by atoms with E-state index in [1.54, 1.807) is 0 Å². The van der Waals surface area contributed by atoms with E-state index in [-0.39, 0.29) is 18.9 Å². The van der Waals surface area contributed by atoms with Crippen LogP contribution >= 0.6 is 0 Å². The van der Waals surface area contributed by atoms with Crippen molar-refractivity contribution in [2.24, 2.45) is 0 Å². The monoisotopic (exact) mass is 295 g/mol. The number of aliphatic hydroxyl groups excluding tert-OH is 1. The molecule has 0 atom stereocenters. The highest BCUT2D eigenvalue weighted by Gasteiger charge is 2.34. The summed E-state index contributed by atoms with van der Waals surface area (Å²) in [5, 5.41) is 9.56. The SMILES string of the molecule is O[C@H]1CC[C@@H](c2ccc(N3CCC(F)(F)CC3)cc2)CC1. The molecule has 2 aliphatic rings. The van der Waals surface area contributed by atoms with Crippen LogP contribution in [0, 0.1) is 0 Å². The van der Waals surface area contributed by atoms with Gasteiger partial charge in [-0.15, -0.1) is 0 Å². The molecule has 0 amide bonds. The Bertz CT molecular complexity index is 456. The fraction of sp³-hybridized carbons (Fsp3) is 0.647. The van der Waals surface area contributed by atoms with Crippen LogP contribution in [-0.4, -0.2) is 30.2 Å². The summed E-state index contributed by atoms with van der Waals surface area (Å²) >= 11 is 0. The molecule has 1 saturated carbocycles. The zero-order valence-electron chi connectivity index (χ0n) is 12.3. The molecule has 21 heavy (non-hydrogen) atoms. The molecule has 1 saturated heterocycles. The highest BCUT2D eigenvalue weighted by molar-refractivity contribution is 5.48. The zero-order valence-corrected chi connectivity index (χ0v) is 12.3. The quantitative estimate of drug-likeness (QED) is 0.893. The average Bonchev–Trinajstić information content (AvgIpc) is 2.48. The first-order valence-electron chi connectivity index (χ1n) is 7.94. The molecule has 1 N–H and O–H groups in total. The van der Waals surface area contributed by atoms with Crippen LogP contribution in [0.3, 0.4) is 0 Å². The molecule has 0 radical (unpaired) electrons. The van der Waals surface area contributed by atoms with E-state index in [2.05, 4.69) is 24.3 Å². The van der Waals surface area contributed by atoms with Crippen molar-refractivity contribution in [1.29, 1.82) is 0 Å². The Morgan fingerprint density at radius 2 is 1.52 bits per heavy atom. The van der Waals surface area contributed by atoms with E-state index in [9.17, 15) is 13.9 Å². The van der Waals surface area contributed by atoms with Gasteiger partial charge < -0.3 is 10.0 Å². The number of hydrogen-bond acceptors (Lipinski definition) is 2. The molecule has 2 nitrogen and oxygen atoms in total. The number of piperidine rings is 1. The molecule has 0 unspecified atom stereocenters. The van der Waals surface area contributed by atoms with Crippen molar-refractivity contribution in [3.63, 3.8) is 0 Å². The van der Waals surface area contributed by atoms with Crippen LogP contribution in [0.25, 0.3) is 0 Å². The first-order valence-corrected chi connectivity index (χ1v) is 7.94. The number of hydrogen-bond donors (Lipinski definition) is 1. The molecule has 1 aliphatic carbocycles. The molecular weight excluding hydrogens is 272 g/mol. The van der Waals surface area contributed by atoms with E-state index in [0.29, 0.717) is 19.0 Å². The maximum Gasteiger partial charge on any atom is 0.251 e. The van der Waals surface area contributed by atoms with E-state index >= 15 is 0 Å². The third-order valence-corrected chi connectivity index (χ3v) is 4.92. The second-order valence-electron chi connectivity index (χ2n) is 6.44. The van der Waals surface area contributed by atoms with E-state index in [0.717, 1.165) is 31.4 Å². The normalized spacial score (nSPS) is 29.4. The van der Waals surface area contributed by atoms with Gasteiger partial charge in [0, 0.05) is 31.6 Å². The van der Waals surface area contributed by atoms with Crippen molar-refractivity contribution in [3.8, 4) is 0 Å². The summed E-state index contributed by atoms with van der Waals surface area (Å²) in [6.07, 6.45) is 3.62. The summed E-state index contributed by atoms with van der Waals surface area (Å²) in [7, 11) is 0. The van der Waals surface area contributed by atoms with Gasteiger partial charge in [0.15, 0.2) is 0 Å². The van der Waals surface area contributed by atoms with E-state index in [1.807, 2.05) is 4.90 Å². The van der Waals surface area contributed by atoms with Crippen molar-refractivity contribution in [1.82, 2.24) is 0 Å². The Morgan fingerprint density at radius 1 is 0.952 bits per heavy atom. The van der Waals surface area contributed by atoms with Gasteiger partial charge >= 0.3 is 0 Å². The third kappa shape index (κ3) is 3.54. The van der Waals surface area contributed by atoms with Crippen LogP contribution in [0.4, 0.5) is 14.5 Å². The summed E-state index contributed by atoms with van der Waals surface area (Å²) in [4.78, 5) is 2.05. The number of benzene rings is 1. The molecule has 0 aromatic heterocycles. The highest BCUT2D eigenvalue weighted by atomic mass is 19.3. The number of alkyl halides is 2. The smallest absolute Gasteiger partial charge is 0.251 e. The lowest BCUT2D eigenvalue weighted by atomic mass is 9.83. The predicted octanol–water partition coefficient (Wildman–Crippen LogP) is 3.94. The fourth-order valence-electron chi connectivity index (χ4n) is 3.46. The van der Waals surface area contributed by atoms with Crippen molar-refractivity contribution in [3.05, 3.63) is 29.8 Å². The van der Waals surface area contributed by atoms with Gasteiger partial charge in [-0.3, -0.25) is 0 Å². The molecule has 1 heterocycles. The molecule has 0 bridgehead atoms. The number of aliphatic hydroxyl groups is 1. The average molecular weight is 295 g/mol. The van der Waals surface area contributed by atoms with Gasteiger partial charge in [0.1, 0.15) is 0 Å². The summed E-state index contributed by atoms with van der Waals surface area (Å²) in [6, 6.07) is 8.38. The van der Waals surface area contributed by atoms with E-state index in [4.69, 9.17) is 0 Å². The number of rotatable bonds is 2. The zero-order chi connectivity index (χ0) is 14.9. The van der Waals surface area contributed by atoms with Crippen LogP contribution < -0.4 is 4.90 Å². The summed E-state index contributed by atoms with van der Waals surface area (Å²) in [6.45, 7) is 0.865. The van der Waals surface area contributed by atoms with Gasteiger partial charge in [0.25, 0.3) is 5.92 Å². The van der Waals surface area contributed by atoms with Crippen LogP contribution in [0.5, 0.6) is 0 Å². The molecule has 2 fully saturated rings. The maximum absolute atomic E-state index is 13.2. The third-order valence-electron chi connectivity index (χ3n) is 4.92. The summed E-state index contributed by atoms with van der Waals surface area (Å²) in [5.41, 5.74) is 2.36. The Morgan fingerprint density at radius 3 is 2.10 bits per heavy atom. The maximum atomic E-state index is 13.2. The topological polar surface area (TPSA) is 23.5 Å². The van der Waals surface area contributed by atoms with Gasteiger partial charge in [-0.1, -0.05) is 12.1 Å². The van der Waals surface area contributed by atoms with Gasteiger partial charge in [-0.2, -0.15) is 0 Å². The Kier molecular flexibility index (Phi) is 4.16. The van der Waals surface area contributed by atoms with Crippen LogP contribution in [0.2, 0.25) is 0 Å². The number of anilines is 1. The van der Waals surface area contributed by atoms with Crippen molar-refractivity contribution >= 4 is 5.69 Å². The van der Waals surface area contributed by atoms with Crippen LogP contribution in [-0.2, 0) is 0 Å². The molecule has 1 aromatic rings. The van der Waals surface area contributed by atoms with Gasteiger partial charge in [-0.05, 0) is 49.3 Å². The lowest BCUT2D eigenvalue weighted by Gasteiger charge is -2.33. The number of halogens is 2. The van der Waals surface area contributed by atoms with Gasteiger partial charge in [-0.25, -0.2) is 8.78 Å². The molecule has 1 aromatic carbocycles. The van der Waals surface area contributed by atoms with Crippen molar-refractivity contribution in [2.75, 3.05) is 18.0 Å². The summed E-state index contributed by atoms with van der Waals surface area (Å²) in [5.74, 6) is -1.95. The predicted molar refractivity (Wildman–Crippen MR) is 80.1 cm³/mol. The first kappa shape index (κ1) is 14.8. The van der Waals surface area contributed by atoms with Crippen LogP contribution in [0.15, 0.2) is 24.3 Å². The summed E-state index contributed by atoms with van der Waals surface area (Å²) < 4.78 is 26.4. The molecule has 4 heteroatoms. The molecule has 0 spiro atoms. The van der Waals surface area contributed by atoms with Gasteiger partial charge in [0.05, 0.1) is 6.10 Å². The van der Waals surface area contributed by atoms with Crippen molar-refractivity contribution < 1.29 is 13.9 Å². The second kappa shape index (κ2) is 5.91. The number of nitrogens with zero attached hydrogens (tertiary/aromatic N) is 1.